The van der Waals surface area contributed by atoms with Crippen molar-refractivity contribution in [2.45, 2.75) is 6.61 Å². The number of furan rings is 1. The van der Waals surface area contributed by atoms with E-state index >= 15 is 0 Å². The van der Waals surface area contributed by atoms with Gasteiger partial charge in [-0.3, -0.25) is 0 Å². The molecule has 0 bridgehead atoms. The summed E-state index contributed by atoms with van der Waals surface area (Å²) in [5.41, 5.74) is 0. The Morgan fingerprint density at radius 2 is 2.27 bits per heavy atom. The lowest BCUT2D eigenvalue weighted by Gasteiger charge is -2.05. The Labute approximate surface area is 104 Å². The number of pyridine rings is 1. The molecule has 2 heterocycles. The smallest absolute Gasteiger partial charge is 0.228 e. The molecule has 15 heavy (non-hydrogen) atoms. The van der Waals surface area contributed by atoms with Crippen molar-refractivity contribution >= 4 is 31.9 Å². The van der Waals surface area contributed by atoms with E-state index in [4.69, 9.17) is 9.15 Å². The van der Waals surface area contributed by atoms with E-state index in [-0.39, 0.29) is 0 Å². The summed E-state index contributed by atoms with van der Waals surface area (Å²) in [4.78, 5) is 4.12. The summed E-state index contributed by atoms with van der Waals surface area (Å²) in [5.74, 6) is 1.32. The van der Waals surface area contributed by atoms with Gasteiger partial charge >= 0.3 is 0 Å². The van der Waals surface area contributed by atoms with Crippen LogP contribution in [0.15, 0.2) is 44.0 Å². The van der Waals surface area contributed by atoms with E-state index in [1.165, 1.54) is 0 Å². The van der Waals surface area contributed by atoms with Crippen LogP contribution in [0.5, 0.6) is 5.88 Å². The lowest BCUT2D eigenvalue weighted by atomic mass is 10.4. The average Bonchev–Trinajstić information content (AvgIpc) is 2.69. The molecule has 0 aromatic carbocycles. The molecule has 0 saturated heterocycles. The number of aromatic nitrogens is 1. The highest BCUT2D eigenvalue weighted by molar-refractivity contribution is 9.11. The molecule has 2 rings (SSSR count). The van der Waals surface area contributed by atoms with Crippen LogP contribution in [0.1, 0.15) is 5.76 Å². The maximum absolute atomic E-state index is 5.46. The molecule has 3 nitrogen and oxygen atoms in total. The third-order valence-electron chi connectivity index (χ3n) is 1.71. The molecule has 0 spiro atoms. The maximum Gasteiger partial charge on any atom is 0.228 e. The van der Waals surface area contributed by atoms with Gasteiger partial charge in [-0.1, -0.05) is 0 Å². The fraction of sp³-hybridized carbons (Fsp3) is 0.100. The quantitative estimate of drug-likeness (QED) is 0.858. The summed E-state index contributed by atoms with van der Waals surface area (Å²) >= 11 is 6.68. The number of hydrogen-bond acceptors (Lipinski definition) is 3. The molecule has 5 heteroatoms. The lowest BCUT2D eigenvalue weighted by Crippen LogP contribution is -1.96. The van der Waals surface area contributed by atoms with Crippen molar-refractivity contribution in [3.8, 4) is 5.88 Å². The summed E-state index contributed by atoms with van der Waals surface area (Å²) in [7, 11) is 0. The third kappa shape index (κ3) is 2.82. The molecular weight excluding hydrogens is 326 g/mol. The number of nitrogens with zero attached hydrogens (tertiary/aromatic N) is 1. The van der Waals surface area contributed by atoms with Gasteiger partial charge in [-0.25, -0.2) is 4.98 Å². The van der Waals surface area contributed by atoms with Gasteiger partial charge < -0.3 is 9.15 Å². The van der Waals surface area contributed by atoms with Crippen LogP contribution < -0.4 is 4.74 Å². The summed E-state index contributed by atoms with van der Waals surface area (Å²) in [6.45, 7) is 0.375. The summed E-state index contributed by atoms with van der Waals surface area (Å²) < 4.78 is 12.3. The van der Waals surface area contributed by atoms with E-state index in [9.17, 15) is 0 Å². The molecule has 78 valence electrons. The van der Waals surface area contributed by atoms with Crippen LogP contribution >= 0.6 is 31.9 Å². The van der Waals surface area contributed by atoms with Gasteiger partial charge in [0.1, 0.15) is 12.4 Å². The van der Waals surface area contributed by atoms with Crippen molar-refractivity contribution < 1.29 is 9.15 Å². The second-order valence-corrected chi connectivity index (χ2v) is 4.58. The van der Waals surface area contributed by atoms with Gasteiger partial charge in [0.05, 0.1) is 10.7 Å². The maximum atomic E-state index is 5.46. The van der Waals surface area contributed by atoms with Gasteiger partial charge in [0.25, 0.3) is 0 Å². The van der Waals surface area contributed by atoms with Gasteiger partial charge in [0, 0.05) is 10.7 Å². The van der Waals surface area contributed by atoms with Crippen molar-refractivity contribution in [3.63, 3.8) is 0 Å². The minimum absolute atomic E-state index is 0.375. The van der Waals surface area contributed by atoms with Crippen LogP contribution in [0, 0.1) is 0 Å². The van der Waals surface area contributed by atoms with Crippen LogP contribution in [-0.2, 0) is 6.61 Å². The Morgan fingerprint density at radius 1 is 1.40 bits per heavy atom. The first-order chi connectivity index (χ1) is 7.25. The van der Waals surface area contributed by atoms with Crippen molar-refractivity contribution in [1.29, 1.82) is 0 Å². The zero-order valence-electron chi connectivity index (χ0n) is 7.61. The van der Waals surface area contributed by atoms with E-state index in [0.29, 0.717) is 12.5 Å². The molecule has 0 atom stereocenters. The molecule has 2 aromatic heterocycles. The zero-order chi connectivity index (χ0) is 10.7. The second kappa shape index (κ2) is 4.81. The fourth-order valence-electron chi connectivity index (χ4n) is 1.04. The first kappa shape index (κ1) is 10.7. The molecular formula is C10H7Br2NO2. The molecule has 0 unspecified atom stereocenters. The van der Waals surface area contributed by atoms with Crippen molar-refractivity contribution in [2.24, 2.45) is 0 Å². The second-order valence-electron chi connectivity index (χ2n) is 2.81. The normalized spacial score (nSPS) is 10.3. The zero-order valence-corrected chi connectivity index (χ0v) is 10.8. The molecule has 0 aliphatic heterocycles. The Kier molecular flexibility index (Phi) is 3.43. The van der Waals surface area contributed by atoms with Crippen LogP contribution in [0.4, 0.5) is 0 Å². The van der Waals surface area contributed by atoms with Crippen LogP contribution in [0.3, 0.4) is 0 Å². The molecule has 0 radical (unpaired) electrons. The Balaban J connectivity index is 2.05. The van der Waals surface area contributed by atoms with Gasteiger partial charge in [-0.15, -0.1) is 0 Å². The standard InChI is InChI=1S/C10H7Br2NO2/c11-7-4-9(12)10(13-5-7)15-6-8-2-1-3-14-8/h1-5H,6H2. The first-order valence-corrected chi connectivity index (χ1v) is 5.80. The minimum Gasteiger partial charge on any atom is -0.469 e. The molecule has 0 aliphatic carbocycles. The predicted octanol–water partition coefficient (Wildman–Crippen LogP) is 3.78. The number of ether oxygens (including phenoxy) is 1. The highest BCUT2D eigenvalue weighted by Gasteiger charge is 2.04. The highest BCUT2D eigenvalue weighted by atomic mass is 79.9. The number of hydrogen-bond donors (Lipinski definition) is 0. The topological polar surface area (TPSA) is 35.3 Å². The van der Waals surface area contributed by atoms with Crippen LogP contribution in [0.2, 0.25) is 0 Å². The first-order valence-electron chi connectivity index (χ1n) is 4.22. The Morgan fingerprint density at radius 3 is 2.93 bits per heavy atom. The van der Waals surface area contributed by atoms with E-state index in [0.717, 1.165) is 14.7 Å². The van der Waals surface area contributed by atoms with Crippen LogP contribution in [-0.4, -0.2) is 4.98 Å². The Bertz CT molecular complexity index is 443. The Hall–Kier alpha value is -0.810. The summed E-state index contributed by atoms with van der Waals surface area (Å²) in [6, 6.07) is 5.56. The van der Waals surface area contributed by atoms with E-state index in [2.05, 4.69) is 36.8 Å². The largest absolute Gasteiger partial charge is 0.469 e. The number of halogens is 2. The average molecular weight is 333 g/mol. The number of rotatable bonds is 3. The van der Waals surface area contributed by atoms with Crippen molar-refractivity contribution in [1.82, 2.24) is 4.98 Å². The third-order valence-corrected chi connectivity index (χ3v) is 2.71. The molecule has 0 fully saturated rings. The summed E-state index contributed by atoms with van der Waals surface area (Å²) in [5, 5.41) is 0. The highest BCUT2D eigenvalue weighted by Crippen LogP contribution is 2.25. The van der Waals surface area contributed by atoms with E-state index in [1.807, 2.05) is 18.2 Å². The molecule has 0 aliphatic rings. The minimum atomic E-state index is 0.375. The monoisotopic (exact) mass is 331 g/mol. The molecule has 2 aromatic rings. The lowest BCUT2D eigenvalue weighted by molar-refractivity contribution is 0.259. The van der Waals surface area contributed by atoms with Gasteiger partial charge in [-0.2, -0.15) is 0 Å². The predicted molar refractivity (Wildman–Crippen MR) is 62.7 cm³/mol. The van der Waals surface area contributed by atoms with Crippen LogP contribution in [0.25, 0.3) is 0 Å². The van der Waals surface area contributed by atoms with Crippen molar-refractivity contribution in [2.75, 3.05) is 0 Å². The van der Waals surface area contributed by atoms with Gasteiger partial charge in [-0.05, 0) is 50.1 Å². The van der Waals surface area contributed by atoms with E-state index in [1.54, 1.807) is 12.5 Å². The van der Waals surface area contributed by atoms with Crippen molar-refractivity contribution in [3.05, 3.63) is 45.4 Å². The SMILES string of the molecule is Brc1cnc(OCc2ccco2)c(Br)c1. The molecule has 0 saturated carbocycles. The molecule has 0 N–H and O–H groups in total. The summed E-state index contributed by atoms with van der Waals surface area (Å²) in [6.07, 6.45) is 3.30. The molecule has 0 amide bonds. The van der Waals surface area contributed by atoms with E-state index < -0.39 is 0 Å². The van der Waals surface area contributed by atoms with Gasteiger partial charge in [0.2, 0.25) is 5.88 Å². The van der Waals surface area contributed by atoms with Gasteiger partial charge in [0.15, 0.2) is 0 Å². The fourth-order valence-corrected chi connectivity index (χ4v) is 2.14.